The number of ether oxygens (including phenoxy) is 3. The Bertz CT molecular complexity index is 445. The van der Waals surface area contributed by atoms with Crippen molar-refractivity contribution in [3.05, 3.63) is 0 Å². The van der Waals surface area contributed by atoms with Crippen LogP contribution in [0.15, 0.2) is 0 Å². The van der Waals surface area contributed by atoms with E-state index in [1.165, 1.54) is 141 Å². The Balaban J connectivity index is 4.45. The van der Waals surface area contributed by atoms with Crippen molar-refractivity contribution in [1.29, 1.82) is 0 Å². The molecule has 0 radical (unpaired) electrons. The Hall–Kier alpha value is -0.120. The average molecular weight is 569 g/mol. The fourth-order valence-electron chi connectivity index (χ4n) is 5.82. The SMILES string of the molecule is CCCCCCCCCCCCCCCCCCC(CCCCCCCC)C(OCCC)(OCCC)OCCC. The fourth-order valence-corrected chi connectivity index (χ4v) is 5.82. The third-order valence-electron chi connectivity index (χ3n) is 8.33. The van der Waals surface area contributed by atoms with Crippen molar-refractivity contribution in [2.75, 3.05) is 19.8 Å². The highest BCUT2D eigenvalue weighted by molar-refractivity contribution is 4.74. The summed E-state index contributed by atoms with van der Waals surface area (Å²) in [5.41, 5.74) is 0. The van der Waals surface area contributed by atoms with E-state index in [2.05, 4.69) is 34.6 Å². The molecule has 3 nitrogen and oxygen atoms in total. The average Bonchev–Trinajstić information content (AvgIpc) is 2.97. The van der Waals surface area contributed by atoms with E-state index in [4.69, 9.17) is 14.2 Å². The standard InChI is InChI=1S/C37H76O3/c1-6-11-13-15-17-18-19-20-21-22-23-24-25-26-28-30-32-36(31-29-27-16-14-12-7-2)37(38-33-8-3,39-34-9-4)40-35-10-5/h36H,6-35H2,1-5H3. The van der Waals surface area contributed by atoms with E-state index in [1.54, 1.807) is 0 Å². The molecular formula is C37H76O3. The molecule has 0 aromatic carbocycles. The van der Waals surface area contributed by atoms with E-state index < -0.39 is 5.97 Å². The minimum absolute atomic E-state index is 0.329. The molecule has 0 aromatic rings. The molecule has 40 heavy (non-hydrogen) atoms. The zero-order valence-corrected chi connectivity index (χ0v) is 28.5. The summed E-state index contributed by atoms with van der Waals surface area (Å²) in [6, 6.07) is 0. The molecule has 0 aromatic heterocycles. The molecule has 1 unspecified atom stereocenters. The van der Waals surface area contributed by atoms with Crippen molar-refractivity contribution in [2.24, 2.45) is 5.92 Å². The number of hydrogen-bond acceptors (Lipinski definition) is 3. The van der Waals surface area contributed by atoms with Crippen LogP contribution in [0.5, 0.6) is 0 Å². The van der Waals surface area contributed by atoms with Crippen LogP contribution in [0, 0.1) is 5.92 Å². The van der Waals surface area contributed by atoms with Crippen molar-refractivity contribution in [3.8, 4) is 0 Å². The minimum Gasteiger partial charge on any atom is -0.327 e. The van der Waals surface area contributed by atoms with Crippen LogP contribution in [0.4, 0.5) is 0 Å². The van der Waals surface area contributed by atoms with E-state index in [0.29, 0.717) is 25.7 Å². The smallest absolute Gasteiger partial charge is 0.285 e. The summed E-state index contributed by atoms with van der Waals surface area (Å²) >= 11 is 0. The Morgan fingerprint density at radius 3 is 0.825 bits per heavy atom. The van der Waals surface area contributed by atoms with Crippen LogP contribution in [0.2, 0.25) is 0 Å². The van der Waals surface area contributed by atoms with Crippen molar-refractivity contribution in [1.82, 2.24) is 0 Å². The van der Waals surface area contributed by atoms with Gasteiger partial charge in [0.2, 0.25) is 0 Å². The van der Waals surface area contributed by atoms with E-state index in [-0.39, 0.29) is 0 Å². The maximum atomic E-state index is 6.48. The fraction of sp³-hybridized carbons (Fsp3) is 1.00. The van der Waals surface area contributed by atoms with Crippen molar-refractivity contribution >= 4 is 0 Å². The maximum Gasteiger partial charge on any atom is 0.285 e. The number of unbranched alkanes of at least 4 members (excludes halogenated alkanes) is 20. The molecule has 3 heteroatoms. The van der Waals surface area contributed by atoms with Gasteiger partial charge >= 0.3 is 0 Å². The Morgan fingerprint density at radius 1 is 0.325 bits per heavy atom. The third kappa shape index (κ3) is 23.4. The predicted octanol–water partition coefficient (Wildman–Crippen LogP) is 12.9. The molecule has 0 amide bonds. The van der Waals surface area contributed by atoms with Gasteiger partial charge in [-0.15, -0.1) is 0 Å². The number of hydrogen-bond donors (Lipinski definition) is 0. The van der Waals surface area contributed by atoms with Gasteiger partial charge < -0.3 is 14.2 Å². The van der Waals surface area contributed by atoms with Gasteiger partial charge in [0.05, 0.1) is 19.8 Å². The summed E-state index contributed by atoms with van der Waals surface area (Å²) in [4.78, 5) is 0. The first-order chi connectivity index (χ1) is 19.7. The highest BCUT2D eigenvalue weighted by Crippen LogP contribution is 2.35. The zero-order valence-electron chi connectivity index (χ0n) is 28.5. The first kappa shape index (κ1) is 39.9. The van der Waals surface area contributed by atoms with Gasteiger partial charge in [-0.2, -0.15) is 0 Å². The summed E-state index contributed by atoms with van der Waals surface area (Å²) in [5.74, 6) is -0.518. The van der Waals surface area contributed by atoms with Crippen LogP contribution in [-0.4, -0.2) is 25.8 Å². The van der Waals surface area contributed by atoms with Gasteiger partial charge in [0.15, 0.2) is 0 Å². The second-order valence-corrected chi connectivity index (χ2v) is 12.5. The normalized spacial score (nSPS) is 12.8. The first-order valence-corrected chi connectivity index (χ1v) is 18.6. The summed E-state index contributed by atoms with van der Waals surface area (Å²) in [6.45, 7) is 13.3. The van der Waals surface area contributed by atoms with Crippen LogP contribution in [0.1, 0.15) is 208 Å². The third-order valence-corrected chi connectivity index (χ3v) is 8.33. The maximum absolute atomic E-state index is 6.48. The predicted molar refractivity (Wildman–Crippen MR) is 177 cm³/mol. The lowest BCUT2D eigenvalue weighted by molar-refractivity contribution is -0.406. The molecule has 0 aliphatic carbocycles. The van der Waals surface area contributed by atoms with Crippen LogP contribution in [-0.2, 0) is 14.2 Å². The second-order valence-electron chi connectivity index (χ2n) is 12.5. The van der Waals surface area contributed by atoms with Crippen LogP contribution < -0.4 is 0 Å². The lowest BCUT2D eigenvalue weighted by Crippen LogP contribution is -2.47. The molecule has 0 saturated heterocycles. The molecule has 0 aliphatic heterocycles. The molecule has 1 atom stereocenters. The quantitative estimate of drug-likeness (QED) is 0.0570. The molecule has 0 rings (SSSR count). The lowest BCUT2D eigenvalue weighted by atomic mass is 9.91. The van der Waals surface area contributed by atoms with Crippen LogP contribution in [0.3, 0.4) is 0 Å². The Labute approximate surface area is 253 Å². The van der Waals surface area contributed by atoms with E-state index in [9.17, 15) is 0 Å². The molecule has 0 bridgehead atoms. The summed E-state index contributed by atoms with van der Waals surface area (Å²) in [6.07, 6.45) is 35.9. The summed E-state index contributed by atoms with van der Waals surface area (Å²) < 4.78 is 19.4. The molecule has 242 valence electrons. The van der Waals surface area contributed by atoms with Crippen molar-refractivity contribution in [3.63, 3.8) is 0 Å². The Morgan fingerprint density at radius 2 is 0.575 bits per heavy atom. The largest absolute Gasteiger partial charge is 0.327 e. The molecule has 0 aliphatic rings. The van der Waals surface area contributed by atoms with Crippen molar-refractivity contribution < 1.29 is 14.2 Å². The second kappa shape index (κ2) is 31.8. The first-order valence-electron chi connectivity index (χ1n) is 18.6. The molecular weight excluding hydrogens is 492 g/mol. The van der Waals surface area contributed by atoms with Crippen LogP contribution in [0.25, 0.3) is 0 Å². The van der Waals surface area contributed by atoms with E-state index in [1.807, 2.05) is 0 Å². The van der Waals surface area contributed by atoms with Gasteiger partial charge in [-0.3, -0.25) is 0 Å². The molecule has 0 saturated carbocycles. The topological polar surface area (TPSA) is 27.7 Å². The summed E-state index contributed by atoms with van der Waals surface area (Å²) in [5, 5.41) is 0. The van der Waals surface area contributed by atoms with Gasteiger partial charge in [0.1, 0.15) is 0 Å². The molecule has 0 N–H and O–H groups in total. The van der Waals surface area contributed by atoms with E-state index >= 15 is 0 Å². The minimum atomic E-state index is -0.846. The Kier molecular flexibility index (Phi) is 31.7. The monoisotopic (exact) mass is 569 g/mol. The van der Waals surface area contributed by atoms with Gasteiger partial charge in [0, 0.05) is 5.92 Å². The molecule has 0 heterocycles. The lowest BCUT2D eigenvalue weighted by Gasteiger charge is -2.40. The summed E-state index contributed by atoms with van der Waals surface area (Å²) in [7, 11) is 0. The van der Waals surface area contributed by atoms with Gasteiger partial charge in [-0.25, -0.2) is 0 Å². The zero-order chi connectivity index (χ0) is 29.4. The highest BCUT2D eigenvalue weighted by atomic mass is 16.9. The van der Waals surface area contributed by atoms with Gasteiger partial charge in [0.25, 0.3) is 5.97 Å². The van der Waals surface area contributed by atoms with Gasteiger partial charge in [-0.05, 0) is 32.1 Å². The highest BCUT2D eigenvalue weighted by Gasteiger charge is 2.41. The van der Waals surface area contributed by atoms with Crippen molar-refractivity contribution in [2.45, 2.75) is 214 Å². The van der Waals surface area contributed by atoms with E-state index in [0.717, 1.165) is 32.1 Å². The molecule has 0 fully saturated rings. The number of rotatable bonds is 34. The molecule has 0 spiro atoms. The van der Waals surface area contributed by atoms with Crippen LogP contribution >= 0.6 is 0 Å². The van der Waals surface area contributed by atoms with Gasteiger partial charge in [-0.1, -0.05) is 176 Å².